The summed E-state index contributed by atoms with van der Waals surface area (Å²) < 4.78 is 41.5. The summed E-state index contributed by atoms with van der Waals surface area (Å²) in [6, 6.07) is 0. The standard InChI is InChI=1S/C15H26N4O6P/c1-3-15-6-22-12(14(25-15)19-8-17)13(15)26(20)23-5-10-9(21-2)4-11(24-10)18-7-16/h7-14H,3-6H2,1-2H3,(H2,16,18)(H2,17,19)/q+1/t9-,10+,11+,12+,13-,14+,15-/m0/s1. The van der Waals surface area contributed by atoms with Crippen LogP contribution in [-0.4, -0.2) is 75.0 Å². The highest BCUT2D eigenvalue weighted by Crippen LogP contribution is 2.54. The van der Waals surface area contributed by atoms with E-state index in [0.29, 0.717) is 19.4 Å². The van der Waals surface area contributed by atoms with E-state index in [-0.39, 0.29) is 25.0 Å². The predicted molar refractivity (Wildman–Crippen MR) is 94.4 cm³/mol. The molecule has 26 heavy (non-hydrogen) atoms. The van der Waals surface area contributed by atoms with Crippen molar-refractivity contribution in [2.75, 3.05) is 20.3 Å². The first kappa shape index (κ1) is 19.6. The number of hydrogen-bond acceptors (Lipinski definition) is 8. The number of fused-ring (bicyclic) bond motifs is 2. The molecule has 11 heteroatoms. The first-order chi connectivity index (χ1) is 12.6. The maximum absolute atomic E-state index is 12.9. The molecule has 0 aromatic carbocycles. The van der Waals surface area contributed by atoms with Gasteiger partial charge in [0.2, 0.25) is 5.66 Å². The summed E-state index contributed by atoms with van der Waals surface area (Å²) in [5.74, 6) is 0. The van der Waals surface area contributed by atoms with E-state index in [9.17, 15) is 4.57 Å². The van der Waals surface area contributed by atoms with Gasteiger partial charge in [0.05, 0.1) is 25.4 Å². The van der Waals surface area contributed by atoms with Gasteiger partial charge in [-0.1, -0.05) is 6.92 Å². The maximum Gasteiger partial charge on any atom is 0.517 e. The summed E-state index contributed by atoms with van der Waals surface area (Å²) in [4.78, 5) is 8.09. The fraction of sp³-hybridized carbons (Fsp3) is 0.867. The maximum atomic E-state index is 12.9. The molecule has 0 aromatic rings. The average molecular weight is 389 g/mol. The van der Waals surface area contributed by atoms with Crippen molar-refractivity contribution in [3.63, 3.8) is 0 Å². The van der Waals surface area contributed by atoms with Crippen molar-refractivity contribution in [3.8, 4) is 0 Å². The molecule has 10 nitrogen and oxygen atoms in total. The Kier molecular flexibility index (Phi) is 6.21. The van der Waals surface area contributed by atoms with Crippen molar-refractivity contribution in [2.24, 2.45) is 21.5 Å². The second-order valence-corrected chi connectivity index (χ2v) is 7.85. The summed E-state index contributed by atoms with van der Waals surface area (Å²) in [5, 5.41) is 0. The van der Waals surface area contributed by atoms with Gasteiger partial charge in [-0.25, -0.2) is 9.98 Å². The molecule has 146 valence electrons. The summed E-state index contributed by atoms with van der Waals surface area (Å²) in [6.07, 6.45) is 1.65. The Balaban J connectivity index is 1.63. The minimum atomic E-state index is -2.07. The van der Waals surface area contributed by atoms with E-state index in [4.69, 9.17) is 34.9 Å². The summed E-state index contributed by atoms with van der Waals surface area (Å²) >= 11 is 0. The molecule has 3 fully saturated rings. The van der Waals surface area contributed by atoms with E-state index in [1.807, 2.05) is 6.92 Å². The van der Waals surface area contributed by atoms with Gasteiger partial charge in [0.25, 0.3) is 0 Å². The average Bonchev–Trinajstić information content (AvgIpc) is 3.30. The zero-order chi connectivity index (χ0) is 18.7. The van der Waals surface area contributed by atoms with Crippen LogP contribution in [0.5, 0.6) is 0 Å². The zero-order valence-corrected chi connectivity index (χ0v) is 15.8. The second-order valence-electron chi connectivity index (χ2n) is 6.46. The van der Waals surface area contributed by atoms with Crippen LogP contribution in [0.4, 0.5) is 0 Å². The molecule has 3 heterocycles. The lowest BCUT2D eigenvalue weighted by atomic mass is 9.99. The minimum Gasteiger partial charge on any atom is -0.390 e. The Morgan fingerprint density at radius 3 is 2.77 bits per heavy atom. The molecule has 0 spiro atoms. The summed E-state index contributed by atoms with van der Waals surface area (Å²) in [5.41, 5.74) is 9.61. The number of ether oxygens (including phenoxy) is 4. The lowest BCUT2D eigenvalue weighted by molar-refractivity contribution is -0.139. The van der Waals surface area contributed by atoms with Gasteiger partial charge in [-0.05, 0) is 11.0 Å². The third-order valence-corrected chi connectivity index (χ3v) is 6.79. The van der Waals surface area contributed by atoms with E-state index in [1.54, 1.807) is 7.11 Å². The predicted octanol–water partition coefficient (Wildman–Crippen LogP) is 0.122. The number of hydrogen-bond donors (Lipinski definition) is 2. The molecule has 0 radical (unpaired) electrons. The van der Waals surface area contributed by atoms with Crippen molar-refractivity contribution in [3.05, 3.63) is 0 Å². The van der Waals surface area contributed by atoms with Crippen LogP contribution < -0.4 is 11.5 Å². The Morgan fingerprint density at radius 2 is 2.12 bits per heavy atom. The largest absolute Gasteiger partial charge is 0.517 e. The lowest BCUT2D eigenvalue weighted by Gasteiger charge is -2.26. The zero-order valence-electron chi connectivity index (χ0n) is 14.9. The number of aliphatic imine (C=N–C) groups is 2. The Labute approximate surface area is 153 Å². The van der Waals surface area contributed by atoms with Gasteiger partial charge in [0.1, 0.15) is 18.3 Å². The smallest absolute Gasteiger partial charge is 0.390 e. The third-order valence-electron chi connectivity index (χ3n) is 5.17. The van der Waals surface area contributed by atoms with Gasteiger partial charge in [0, 0.05) is 13.5 Å². The SMILES string of the molecule is CC[C@@]12CO[C@@H]([C@H](N=CN)O1)[C@@H]2[P+](=O)OC[C@H]1O[C@@H](N=CN)C[C@@H]1OC. The van der Waals surface area contributed by atoms with Crippen LogP contribution in [0.3, 0.4) is 0 Å². The first-order valence-corrected chi connectivity index (χ1v) is 9.87. The van der Waals surface area contributed by atoms with Gasteiger partial charge in [-0.15, -0.1) is 4.52 Å². The monoisotopic (exact) mass is 389 g/mol. The van der Waals surface area contributed by atoms with Crippen molar-refractivity contribution in [1.82, 2.24) is 0 Å². The number of methoxy groups -OCH3 is 1. The molecular formula is C15H26N4O6P+. The highest BCUT2D eigenvalue weighted by atomic mass is 31.1. The normalized spacial score (nSPS) is 43.1. The first-order valence-electron chi connectivity index (χ1n) is 8.62. The van der Waals surface area contributed by atoms with E-state index in [2.05, 4.69) is 9.98 Å². The lowest BCUT2D eigenvalue weighted by Crippen LogP contribution is -2.39. The van der Waals surface area contributed by atoms with Gasteiger partial charge in [0.15, 0.2) is 18.6 Å². The number of nitrogens with zero attached hydrogens (tertiary/aromatic N) is 2. The number of nitrogens with two attached hydrogens (primary N) is 2. The quantitative estimate of drug-likeness (QED) is 0.339. The van der Waals surface area contributed by atoms with E-state index in [1.165, 1.54) is 12.7 Å². The Morgan fingerprint density at radius 1 is 1.35 bits per heavy atom. The van der Waals surface area contributed by atoms with Crippen LogP contribution in [0.1, 0.15) is 19.8 Å². The van der Waals surface area contributed by atoms with Crippen LogP contribution in [-0.2, 0) is 28.0 Å². The molecule has 0 aromatic heterocycles. The topological polar surface area (TPSA) is 140 Å². The molecule has 1 unspecified atom stereocenters. The highest BCUT2D eigenvalue weighted by Gasteiger charge is 2.70. The van der Waals surface area contributed by atoms with E-state index < -0.39 is 31.6 Å². The van der Waals surface area contributed by atoms with E-state index >= 15 is 0 Å². The van der Waals surface area contributed by atoms with Crippen LogP contribution in [0.15, 0.2) is 9.98 Å². The molecule has 3 aliphatic heterocycles. The highest BCUT2D eigenvalue weighted by molar-refractivity contribution is 7.40. The molecule has 0 aliphatic carbocycles. The van der Waals surface area contributed by atoms with Crippen LogP contribution in [0, 0.1) is 0 Å². The van der Waals surface area contributed by atoms with Crippen molar-refractivity contribution in [1.29, 1.82) is 0 Å². The van der Waals surface area contributed by atoms with Crippen LogP contribution >= 0.6 is 8.03 Å². The molecule has 2 bridgehead atoms. The Bertz CT molecular complexity index is 578. The fourth-order valence-electron chi connectivity index (χ4n) is 3.78. The molecule has 8 atom stereocenters. The van der Waals surface area contributed by atoms with Gasteiger partial charge in [-0.2, -0.15) is 0 Å². The second kappa shape index (κ2) is 8.24. The molecule has 0 saturated carbocycles. The van der Waals surface area contributed by atoms with Crippen LogP contribution in [0.2, 0.25) is 0 Å². The van der Waals surface area contributed by atoms with Crippen molar-refractivity contribution < 1.29 is 28.0 Å². The van der Waals surface area contributed by atoms with Crippen LogP contribution in [0.25, 0.3) is 0 Å². The van der Waals surface area contributed by atoms with Gasteiger partial charge >= 0.3 is 8.03 Å². The molecule has 3 aliphatic rings. The number of rotatable bonds is 8. The third kappa shape index (κ3) is 3.49. The molecular weight excluding hydrogens is 363 g/mol. The fourth-order valence-corrected chi connectivity index (χ4v) is 5.41. The van der Waals surface area contributed by atoms with E-state index in [0.717, 1.165) is 0 Å². The molecule has 3 saturated heterocycles. The van der Waals surface area contributed by atoms with Gasteiger partial charge in [-0.3, -0.25) is 0 Å². The summed E-state index contributed by atoms with van der Waals surface area (Å²) in [7, 11) is -0.472. The molecule has 0 amide bonds. The Hall–Kier alpha value is -1.16. The van der Waals surface area contributed by atoms with Crippen molar-refractivity contribution >= 4 is 20.7 Å². The summed E-state index contributed by atoms with van der Waals surface area (Å²) in [6.45, 7) is 2.46. The van der Waals surface area contributed by atoms with Gasteiger partial charge < -0.3 is 30.4 Å². The molecule has 3 rings (SSSR count). The molecule has 4 N–H and O–H groups in total. The van der Waals surface area contributed by atoms with Crippen molar-refractivity contribution in [2.45, 2.75) is 61.8 Å². The minimum absolute atomic E-state index is 0.123.